The Morgan fingerprint density at radius 2 is 1.59 bits per heavy atom. The summed E-state index contributed by atoms with van der Waals surface area (Å²) in [6.07, 6.45) is -0.0462. The third-order valence-corrected chi connectivity index (χ3v) is 4.24. The normalized spacial score (nSPS) is 17.7. The van der Waals surface area contributed by atoms with E-state index in [4.69, 9.17) is 17.0 Å². The van der Waals surface area contributed by atoms with Gasteiger partial charge in [-0.1, -0.05) is 48.5 Å². The van der Waals surface area contributed by atoms with Gasteiger partial charge in [-0.05, 0) is 45.4 Å². The second kappa shape index (κ2) is 5.07. The quantitative estimate of drug-likeness (QED) is 0.583. The average molecular weight is 307 g/mol. The average Bonchev–Trinajstić information content (AvgIpc) is 2.84. The Morgan fingerprint density at radius 3 is 2.14 bits per heavy atom. The second-order valence-corrected chi connectivity index (χ2v) is 5.76. The summed E-state index contributed by atoms with van der Waals surface area (Å²) in [6.45, 7) is 0. The molecule has 1 atom stereocenters. The molecule has 1 heterocycles. The van der Waals surface area contributed by atoms with E-state index in [1.807, 2.05) is 24.3 Å². The van der Waals surface area contributed by atoms with Crippen LogP contribution >= 0.6 is 12.2 Å². The minimum Gasteiger partial charge on any atom is -0.457 e. The van der Waals surface area contributed by atoms with Crippen LogP contribution in [0.15, 0.2) is 54.6 Å². The van der Waals surface area contributed by atoms with Gasteiger partial charge in [0, 0.05) is 6.42 Å². The van der Waals surface area contributed by atoms with Crippen LogP contribution in [0.25, 0.3) is 21.5 Å². The molecule has 3 nitrogen and oxygen atoms in total. The zero-order valence-electron chi connectivity index (χ0n) is 11.7. The van der Waals surface area contributed by atoms with Gasteiger partial charge in [-0.25, -0.2) is 0 Å². The number of hydrogen-bond donors (Lipinski definition) is 1. The van der Waals surface area contributed by atoms with Crippen LogP contribution < -0.4 is 5.32 Å². The fourth-order valence-electron chi connectivity index (χ4n) is 3.04. The van der Waals surface area contributed by atoms with Crippen molar-refractivity contribution in [2.24, 2.45) is 0 Å². The fraction of sp³-hybridized carbons (Fsp3) is 0.111. The molecule has 1 saturated heterocycles. The first-order chi connectivity index (χ1) is 10.7. The van der Waals surface area contributed by atoms with E-state index in [-0.39, 0.29) is 11.1 Å². The van der Waals surface area contributed by atoms with Crippen LogP contribution in [-0.2, 0) is 16.0 Å². The van der Waals surface area contributed by atoms with Crippen molar-refractivity contribution in [1.82, 2.24) is 5.32 Å². The Bertz CT molecular complexity index is 865. The lowest BCUT2D eigenvalue weighted by molar-refractivity contribution is -0.123. The van der Waals surface area contributed by atoms with Crippen LogP contribution in [-0.4, -0.2) is 17.2 Å². The van der Waals surface area contributed by atoms with Gasteiger partial charge < -0.3 is 4.74 Å². The first-order valence-electron chi connectivity index (χ1n) is 7.13. The number of nitrogens with one attached hydrogen (secondary N) is 1. The van der Waals surface area contributed by atoms with Gasteiger partial charge in [0.25, 0.3) is 11.1 Å². The van der Waals surface area contributed by atoms with E-state index in [1.54, 1.807) is 0 Å². The van der Waals surface area contributed by atoms with Crippen molar-refractivity contribution >= 4 is 44.8 Å². The molecule has 0 aliphatic carbocycles. The van der Waals surface area contributed by atoms with E-state index >= 15 is 0 Å². The molecule has 1 aliphatic heterocycles. The maximum absolute atomic E-state index is 11.9. The summed E-state index contributed by atoms with van der Waals surface area (Å²) in [5.74, 6) is -0.165. The Morgan fingerprint density at radius 1 is 1.00 bits per heavy atom. The molecule has 4 heteroatoms. The molecule has 3 aromatic rings. The Balaban J connectivity index is 1.92. The molecule has 1 unspecified atom stereocenters. The summed E-state index contributed by atoms with van der Waals surface area (Å²) in [5.41, 5.74) is 1.12. The third-order valence-electron chi connectivity index (χ3n) is 4.04. The summed E-state index contributed by atoms with van der Waals surface area (Å²) < 4.78 is 5.45. The molecule has 0 saturated carbocycles. The van der Waals surface area contributed by atoms with Crippen LogP contribution in [0.3, 0.4) is 0 Å². The van der Waals surface area contributed by atoms with Gasteiger partial charge in [0.05, 0.1) is 0 Å². The van der Waals surface area contributed by atoms with Crippen molar-refractivity contribution in [2.45, 2.75) is 12.5 Å². The molecule has 22 heavy (non-hydrogen) atoms. The monoisotopic (exact) mass is 307 g/mol. The third kappa shape index (κ3) is 2.12. The van der Waals surface area contributed by atoms with Gasteiger partial charge in [0.2, 0.25) is 0 Å². The summed E-state index contributed by atoms with van der Waals surface area (Å²) in [7, 11) is 0. The second-order valence-electron chi connectivity index (χ2n) is 5.38. The fourth-order valence-corrected chi connectivity index (χ4v) is 3.26. The van der Waals surface area contributed by atoms with E-state index in [1.165, 1.54) is 0 Å². The molecule has 4 rings (SSSR count). The van der Waals surface area contributed by atoms with Gasteiger partial charge in [-0.15, -0.1) is 0 Å². The van der Waals surface area contributed by atoms with Gasteiger partial charge in [0.15, 0.2) is 6.10 Å². The molecule has 0 spiro atoms. The van der Waals surface area contributed by atoms with E-state index in [2.05, 4.69) is 35.6 Å². The van der Waals surface area contributed by atoms with Crippen molar-refractivity contribution < 1.29 is 9.53 Å². The molecule has 3 aromatic carbocycles. The lowest BCUT2D eigenvalue weighted by Gasteiger charge is -2.13. The number of hydrogen-bond acceptors (Lipinski definition) is 3. The number of ether oxygens (including phenoxy) is 1. The molecular formula is C18H13NO2S. The summed E-state index contributed by atoms with van der Waals surface area (Å²) >= 11 is 4.93. The zero-order chi connectivity index (χ0) is 15.1. The number of carbonyl (C=O) groups excluding carboxylic acids is 1. The molecule has 108 valence electrons. The lowest BCUT2D eigenvalue weighted by Crippen LogP contribution is -2.26. The maximum atomic E-state index is 11.9. The zero-order valence-corrected chi connectivity index (χ0v) is 12.5. The molecule has 0 bridgehead atoms. The van der Waals surface area contributed by atoms with E-state index in [9.17, 15) is 4.79 Å². The highest BCUT2D eigenvalue weighted by Crippen LogP contribution is 2.30. The molecule has 0 radical (unpaired) electrons. The standard InChI is InChI=1S/C18H13NO2S/c20-17-16(21-18(22)19-17)10-15-13-7-3-1-5-11(13)9-12-6-2-4-8-14(12)15/h1-9,16H,10H2,(H,19,20,22). The van der Waals surface area contributed by atoms with E-state index in [0.717, 1.165) is 27.1 Å². The molecule has 1 amide bonds. The smallest absolute Gasteiger partial charge is 0.268 e. The minimum atomic E-state index is -0.554. The van der Waals surface area contributed by atoms with Crippen LogP contribution in [0, 0.1) is 0 Å². The topological polar surface area (TPSA) is 38.3 Å². The highest BCUT2D eigenvalue weighted by molar-refractivity contribution is 7.80. The molecular weight excluding hydrogens is 294 g/mol. The number of benzene rings is 3. The largest absolute Gasteiger partial charge is 0.457 e. The first kappa shape index (κ1) is 13.2. The summed E-state index contributed by atoms with van der Waals surface area (Å²) in [5, 5.41) is 7.34. The molecule has 1 aliphatic rings. The highest BCUT2D eigenvalue weighted by atomic mass is 32.1. The molecule has 1 fully saturated rings. The van der Waals surface area contributed by atoms with Crippen molar-refractivity contribution in [3.05, 3.63) is 60.2 Å². The summed E-state index contributed by atoms with van der Waals surface area (Å²) in [4.78, 5) is 11.9. The molecule has 0 aromatic heterocycles. The Kier molecular flexibility index (Phi) is 3.05. The van der Waals surface area contributed by atoms with E-state index in [0.29, 0.717) is 6.42 Å². The van der Waals surface area contributed by atoms with Gasteiger partial charge >= 0.3 is 0 Å². The van der Waals surface area contributed by atoms with Crippen LogP contribution in [0.5, 0.6) is 0 Å². The predicted octanol–water partition coefficient (Wildman–Crippen LogP) is 3.34. The number of rotatable bonds is 2. The molecule has 1 N–H and O–H groups in total. The van der Waals surface area contributed by atoms with Crippen LogP contribution in [0.2, 0.25) is 0 Å². The Hall–Kier alpha value is -2.46. The predicted molar refractivity (Wildman–Crippen MR) is 90.8 cm³/mol. The van der Waals surface area contributed by atoms with Crippen molar-refractivity contribution in [3.63, 3.8) is 0 Å². The number of thiocarbonyl (C=S) groups is 1. The van der Waals surface area contributed by atoms with Gasteiger partial charge in [0.1, 0.15) is 0 Å². The van der Waals surface area contributed by atoms with Gasteiger partial charge in [-0.2, -0.15) is 0 Å². The van der Waals surface area contributed by atoms with Gasteiger partial charge in [-0.3, -0.25) is 10.1 Å². The maximum Gasteiger partial charge on any atom is 0.268 e. The van der Waals surface area contributed by atoms with Crippen LogP contribution in [0.4, 0.5) is 0 Å². The first-order valence-corrected chi connectivity index (χ1v) is 7.54. The number of fused-ring (bicyclic) bond motifs is 2. The Labute approximate surface area is 132 Å². The van der Waals surface area contributed by atoms with Crippen molar-refractivity contribution in [3.8, 4) is 0 Å². The summed E-state index contributed by atoms with van der Waals surface area (Å²) in [6, 6.07) is 18.6. The number of carbonyl (C=O) groups is 1. The highest BCUT2D eigenvalue weighted by Gasteiger charge is 2.30. The number of amides is 1. The van der Waals surface area contributed by atoms with Crippen molar-refractivity contribution in [2.75, 3.05) is 0 Å². The van der Waals surface area contributed by atoms with Crippen LogP contribution in [0.1, 0.15) is 5.56 Å². The lowest BCUT2D eigenvalue weighted by atomic mass is 9.93. The SMILES string of the molecule is O=C1NC(=S)OC1Cc1c2ccccc2cc2ccccc12. The van der Waals surface area contributed by atoms with Crippen molar-refractivity contribution in [1.29, 1.82) is 0 Å². The minimum absolute atomic E-state index is 0.165. The van der Waals surface area contributed by atoms with E-state index < -0.39 is 6.10 Å².